The first kappa shape index (κ1) is 20.9. The topological polar surface area (TPSA) is 69.6 Å². The van der Waals surface area contributed by atoms with Crippen molar-refractivity contribution in [2.24, 2.45) is 0 Å². The summed E-state index contributed by atoms with van der Waals surface area (Å²) in [6.07, 6.45) is 1.80. The molecule has 1 aliphatic heterocycles. The van der Waals surface area contributed by atoms with Gasteiger partial charge >= 0.3 is 5.97 Å². The Kier molecular flexibility index (Phi) is 5.38. The van der Waals surface area contributed by atoms with E-state index in [1.165, 1.54) is 12.1 Å². The molecule has 166 valence electrons. The summed E-state index contributed by atoms with van der Waals surface area (Å²) in [6, 6.07) is 19.3. The minimum absolute atomic E-state index is 0.155. The maximum atomic E-state index is 13.6. The van der Waals surface area contributed by atoms with Crippen molar-refractivity contribution in [2.45, 2.75) is 13.0 Å². The van der Waals surface area contributed by atoms with Crippen LogP contribution < -0.4 is 9.80 Å². The van der Waals surface area contributed by atoms with Crippen molar-refractivity contribution in [2.75, 3.05) is 29.4 Å². The number of fused-ring (bicyclic) bond motifs is 1. The molecule has 1 N–H and O–H groups in total. The largest absolute Gasteiger partial charge is 0.478 e. The van der Waals surface area contributed by atoms with Crippen molar-refractivity contribution >= 4 is 28.4 Å². The van der Waals surface area contributed by atoms with E-state index in [2.05, 4.69) is 21.7 Å². The molecular weight excluding hydrogens is 419 g/mol. The van der Waals surface area contributed by atoms with E-state index < -0.39 is 5.97 Å². The highest BCUT2D eigenvalue weighted by Gasteiger charge is 2.27. The lowest BCUT2D eigenvalue weighted by atomic mass is 10.0. The number of hydrogen-bond acceptors (Lipinski definition) is 5. The van der Waals surface area contributed by atoms with E-state index in [9.17, 15) is 14.3 Å². The predicted molar refractivity (Wildman–Crippen MR) is 127 cm³/mol. The van der Waals surface area contributed by atoms with E-state index in [0.717, 1.165) is 47.8 Å². The number of aromatic nitrogens is 2. The van der Waals surface area contributed by atoms with Gasteiger partial charge in [0.25, 0.3) is 0 Å². The average molecular weight is 442 g/mol. The van der Waals surface area contributed by atoms with E-state index in [1.807, 2.05) is 24.3 Å². The van der Waals surface area contributed by atoms with Crippen molar-refractivity contribution in [3.63, 3.8) is 0 Å². The highest BCUT2D eigenvalue weighted by Crippen LogP contribution is 2.35. The average Bonchev–Trinajstić information content (AvgIpc) is 2.84. The van der Waals surface area contributed by atoms with Crippen LogP contribution in [0, 0.1) is 5.82 Å². The molecule has 7 heteroatoms. The van der Waals surface area contributed by atoms with Crippen LogP contribution in [-0.4, -0.2) is 46.7 Å². The van der Waals surface area contributed by atoms with Crippen molar-refractivity contribution in [3.05, 3.63) is 84.3 Å². The van der Waals surface area contributed by atoms with E-state index >= 15 is 0 Å². The van der Waals surface area contributed by atoms with E-state index in [1.54, 1.807) is 36.5 Å². The maximum absolute atomic E-state index is 13.6. The molecule has 2 aromatic heterocycles. The number of carboxylic acid groups (broad SMARTS) is 1. The number of carboxylic acids is 1. The highest BCUT2D eigenvalue weighted by atomic mass is 19.1. The lowest BCUT2D eigenvalue weighted by Crippen LogP contribution is -2.52. The molecule has 0 saturated carbocycles. The van der Waals surface area contributed by atoms with Crippen LogP contribution in [0.4, 0.5) is 15.9 Å². The molecule has 1 atom stereocenters. The summed E-state index contributed by atoms with van der Waals surface area (Å²) in [7, 11) is 0. The lowest BCUT2D eigenvalue weighted by Gasteiger charge is -2.42. The summed E-state index contributed by atoms with van der Waals surface area (Å²) in [5.41, 5.74) is 3.39. The van der Waals surface area contributed by atoms with Crippen LogP contribution >= 0.6 is 0 Å². The molecule has 1 fully saturated rings. The molecule has 6 nitrogen and oxygen atoms in total. The molecule has 2 aromatic carbocycles. The zero-order chi connectivity index (χ0) is 22.9. The summed E-state index contributed by atoms with van der Waals surface area (Å²) in [4.78, 5) is 25.4. The quantitative estimate of drug-likeness (QED) is 0.487. The van der Waals surface area contributed by atoms with Gasteiger partial charge in [0.2, 0.25) is 0 Å². The number of aromatic carboxylic acids is 1. The van der Waals surface area contributed by atoms with Gasteiger partial charge in [0.15, 0.2) is 0 Å². The molecule has 1 aliphatic rings. The van der Waals surface area contributed by atoms with Crippen LogP contribution in [0.2, 0.25) is 0 Å². The minimum atomic E-state index is -0.974. The van der Waals surface area contributed by atoms with Crippen LogP contribution in [0.5, 0.6) is 0 Å². The van der Waals surface area contributed by atoms with E-state index in [0.29, 0.717) is 5.52 Å². The highest BCUT2D eigenvalue weighted by molar-refractivity contribution is 5.96. The Bertz CT molecular complexity index is 1310. The first-order valence-electron chi connectivity index (χ1n) is 10.9. The van der Waals surface area contributed by atoms with Crippen molar-refractivity contribution in [1.29, 1.82) is 0 Å². The number of nitrogens with zero attached hydrogens (tertiary/aromatic N) is 4. The SMILES string of the molecule is C[C@H]1CN(c2ccccn2)CCN1c1cc2cc(C(=O)O)ccc2nc1-c1ccc(F)cc1. The van der Waals surface area contributed by atoms with Crippen molar-refractivity contribution in [1.82, 2.24) is 9.97 Å². The standard InChI is InChI=1S/C26H23FN4O2/c1-17-16-30(24-4-2-3-11-28-24)12-13-31(17)23-15-20-14-19(26(32)33)7-10-22(20)29-25(23)18-5-8-21(27)9-6-18/h2-11,14-15,17H,12-13,16H2,1H3,(H,32,33)/t17-/m0/s1. The number of carbonyl (C=O) groups is 1. The fraction of sp³-hybridized carbons (Fsp3) is 0.192. The Morgan fingerprint density at radius 3 is 2.58 bits per heavy atom. The summed E-state index contributed by atoms with van der Waals surface area (Å²) >= 11 is 0. The second-order valence-corrected chi connectivity index (χ2v) is 8.25. The maximum Gasteiger partial charge on any atom is 0.335 e. The molecular formula is C26H23FN4O2. The van der Waals surface area contributed by atoms with Crippen molar-refractivity contribution in [3.8, 4) is 11.3 Å². The Balaban J connectivity index is 1.58. The number of halogens is 1. The summed E-state index contributed by atoms with van der Waals surface area (Å²) in [5, 5.41) is 10.2. The summed E-state index contributed by atoms with van der Waals surface area (Å²) < 4.78 is 13.6. The Morgan fingerprint density at radius 2 is 1.88 bits per heavy atom. The Hall–Kier alpha value is -4.00. The second-order valence-electron chi connectivity index (χ2n) is 8.25. The smallest absolute Gasteiger partial charge is 0.335 e. The van der Waals surface area contributed by atoms with Gasteiger partial charge in [0.1, 0.15) is 11.6 Å². The third kappa shape index (κ3) is 4.09. The van der Waals surface area contributed by atoms with Gasteiger partial charge in [-0.1, -0.05) is 6.07 Å². The molecule has 0 bridgehead atoms. The third-order valence-corrected chi connectivity index (χ3v) is 6.07. The summed E-state index contributed by atoms with van der Waals surface area (Å²) in [6.45, 7) is 4.48. The van der Waals surface area contributed by atoms with Gasteiger partial charge in [0, 0.05) is 42.8 Å². The van der Waals surface area contributed by atoms with Crippen LogP contribution in [0.3, 0.4) is 0 Å². The molecule has 0 spiro atoms. The van der Waals surface area contributed by atoms with Crippen LogP contribution in [0.25, 0.3) is 22.2 Å². The van der Waals surface area contributed by atoms with Crippen molar-refractivity contribution < 1.29 is 14.3 Å². The molecule has 0 unspecified atom stereocenters. The molecule has 0 aliphatic carbocycles. The monoisotopic (exact) mass is 442 g/mol. The zero-order valence-corrected chi connectivity index (χ0v) is 18.1. The Morgan fingerprint density at radius 1 is 1.06 bits per heavy atom. The fourth-order valence-corrected chi connectivity index (χ4v) is 4.40. The first-order chi connectivity index (χ1) is 16.0. The summed E-state index contributed by atoms with van der Waals surface area (Å²) in [5.74, 6) is -0.326. The first-order valence-corrected chi connectivity index (χ1v) is 10.9. The van der Waals surface area contributed by atoms with Gasteiger partial charge in [-0.05, 0) is 67.6 Å². The van der Waals surface area contributed by atoms with Crippen LogP contribution in [0.1, 0.15) is 17.3 Å². The fourth-order valence-electron chi connectivity index (χ4n) is 4.40. The lowest BCUT2D eigenvalue weighted by molar-refractivity contribution is 0.0697. The molecule has 3 heterocycles. The molecule has 4 aromatic rings. The number of pyridine rings is 2. The van der Waals surface area contributed by atoms with Gasteiger partial charge in [-0.2, -0.15) is 0 Å². The number of benzene rings is 2. The zero-order valence-electron chi connectivity index (χ0n) is 18.1. The second kappa shape index (κ2) is 8.50. The Labute approximate surface area is 190 Å². The van der Waals surface area contributed by atoms with Crippen LogP contribution in [-0.2, 0) is 0 Å². The molecule has 5 rings (SSSR count). The molecule has 0 amide bonds. The third-order valence-electron chi connectivity index (χ3n) is 6.07. The predicted octanol–water partition coefficient (Wildman–Crippen LogP) is 4.85. The number of anilines is 2. The normalized spacial score (nSPS) is 16.2. The molecule has 33 heavy (non-hydrogen) atoms. The molecule has 1 saturated heterocycles. The minimum Gasteiger partial charge on any atom is -0.478 e. The van der Waals surface area contributed by atoms with E-state index in [-0.39, 0.29) is 17.4 Å². The van der Waals surface area contributed by atoms with Gasteiger partial charge in [-0.25, -0.2) is 19.2 Å². The van der Waals surface area contributed by atoms with E-state index in [4.69, 9.17) is 4.98 Å². The van der Waals surface area contributed by atoms with Crippen LogP contribution in [0.15, 0.2) is 72.9 Å². The number of hydrogen-bond donors (Lipinski definition) is 1. The van der Waals surface area contributed by atoms with Gasteiger partial charge in [-0.15, -0.1) is 0 Å². The van der Waals surface area contributed by atoms with Gasteiger partial charge in [0.05, 0.1) is 22.5 Å². The molecule has 0 radical (unpaired) electrons. The van der Waals surface area contributed by atoms with Gasteiger partial charge < -0.3 is 14.9 Å². The number of piperazine rings is 1. The number of rotatable bonds is 4. The van der Waals surface area contributed by atoms with Gasteiger partial charge in [-0.3, -0.25) is 0 Å².